The van der Waals surface area contributed by atoms with Crippen molar-refractivity contribution in [3.05, 3.63) is 57.8 Å². The summed E-state index contributed by atoms with van der Waals surface area (Å²) < 4.78 is 14.4. The molecular weight excluding hydrogens is 337 g/mol. The molecule has 5 heteroatoms. The van der Waals surface area contributed by atoms with Crippen LogP contribution < -0.4 is 4.90 Å². The predicted molar refractivity (Wildman–Crippen MR) is 82.2 cm³/mol. The first-order chi connectivity index (χ1) is 10.1. The quantitative estimate of drug-likeness (QED) is 0.848. The molecule has 0 atom stereocenters. The molecule has 1 N–H and O–H groups in total. The van der Waals surface area contributed by atoms with Crippen LogP contribution in [0.3, 0.4) is 0 Å². The van der Waals surface area contributed by atoms with Crippen LogP contribution in [0.4, 0.5) is 10.1 Å². The number of hydrogen-bond acceptors (Lipinski definition) is 2. The zero-order valence-electron chi connectivity index (χ0n) is 11.1. The van der Waals surface area contributed by atoms with E-state index in [1.54, 1.807) is 24.3 Å². The molecule has 0 fully saturated rings. The van der Waals surface area contributed by atoms with Crippen molar-refractivity contribution in [1.29, 1.82) is 0 Å². The molecule has 21 heavy (non-hydrogen) atoms. The second-order valence-corrected chi connectivity index (χ2v) is 5.80. The van der Waals surface area contributed by atoms with E-state index in [0.717, 1.165) is 18.4 Å². The maximum atomic E-state index is 14.1. The molecule has 1 aliphatic rings. The Morgan fingerprint density at radius 3 is 2.81 bits per heavy atom. The molecule has 1 aliphatic heterocycles. The molecule has 0 aliphatic carbocycles. The second-order valence-electron chi connectivity index (χ2n) is 4.95. The number of phenols is 1. The number of benzene rings is 2. The average molecular weight is 350 g/mol. The number of para-hydroxylation sites is 1. The van der Waals surface area contributed by atoms with Gasteiger partial charge in [0.15, 0.2) is 0 Å². The molecule has 0 aromatic heterocycles. The Hall–Kier alpha value is -1.88. The minimum absolute atomic E-state index is 0.000443. The molecule has 1 heterocycles. The van der Waals surface area contributed by atoms with E-state index >= 15 is 0 Å². The van der Waals surface area contributed by atoms with Crippen molar-refractivity contribution < 1.29 is 14.3 Å². The van der Waals surface area contributed by atoms with E-state index in [0.29, 0.717) is 12.2 Å². The van der Waals surface area contributed by atoms with E-state index in [9.17, 15) is 14.3 Å². The van der Waals surface area contributed by atoms with E-state index in [1.807, 2.05) is 6.07 Å². The van der Waals surface area contributed by atoms with E-state index < -0.39 is 11.7 Å². The van der Waals surface area contributed by atoms with Crippen molar-refractivity contribution in [2.24, 2.45) is 0 Å². The second kappa shape index (κ2) is 5.48. The Morgan fingerprint density at radius 1 is 1.24 bits per heavy atom. The van der Waals surface area contributed by atoms with Gasteiger partial charge in [0.2, 0.25) is 0 Å². The maximum Gasteiger partial charge on any atom is 0.261 e. The highest BCUT2D eigenvalue weighted by Gasteiger charge is 2.28. The van der Waals surface area contributed by atoms with Crippen molar-refractivity contribution in [1.82, 2.24) is 0 Å². The van der Waals surface area contributed by atoms with Crippen LogP contribution in [0.2, 0.25) is 0 Å². The number of rotatable bonds is 1. The van der Waals surface area contributed by atoms with Crippen molar-refractivity contribution in [3.8, 4) is 5.75 Å². The van der Waals surface area contributed by atoms with E-state index in [2.05, 4.69) is 15.9 Å². The first-order valence-corrected chi connectivity index (χ1v) is 7.45. The summed E-state index contributed by atoms with van der Waals surface area (Å²) in [5.74, 6) is -0.961. The van der Waals surface area contributed by atoms with Crippen molar-refractivity contribution in [3.63, 3.8) is 0 Å². The lowest BCUT2D eigenvalue weighted by molar-refractivity contribution is 0.0980. The zero-order valence-corrected chi connectivity index (χ0v) is 12.7. The van der Waals surface area contributed by atoms with Gasteiger partial charge in [-0.1, -0.05) is 18.2 Å². The summed E-state index contributed by atoms with van der Waals surface area (Å²) in [6.07, 6.45) is 1.59. The van der Waals surface area contributed by atoms with Crippen molar-refractivity contribution in [2.45, 2.75) is 12.8 Å². The Kier molecular flexibility index (Phi) is 3.68. The molecule has 3 rings (SSSR count). The molecule has 108 valence electrons. The third kappa shape index (κ3) is 2.42. The molecule has 0 spiro atoms. The van der Waals surface area contributed by atoms with Gasteiger partial charge in [-0.25, -0.2) is 4.39 Å². The number of fused-ring (bicyclic) bond motifs is 1. The number of halogens is 2. The summed E-state index contributed by atoms with van der Waals surface area (Å²) in [4.78, 5) is 14.1. The number of amides is 1. The molecule has 0 radical (unpaired) electrons. The molecule has 0 bridgehead atoms. The number of phenolic OH excluding ortho intramolecular Hbond substituents is 1. The van der Waals surface area contributed by atoms with Crippen LogP contribution in [0.5, 0.6) is 5.75 Å². The monoisotopic (exact) mass is 349 g/mol. The van der Waals surface area contributed by atoms with Gasteiger partial charge >= 0.3 is 0 Å². The van der Waals surface area contributed by atoms with Gasteiger partial charge in [0.05, 0.1) is 15.7 Å². The van der Waals surface area contributed by atoms with E-state index in [1.165, 1.54) is 11.0 Å². The van der Waals surface area contributed by atoms with Crippen LogP contribution in [0.25, 0.3) is 0 Å². The summed E-state index contributed by atoms with van der Waals surface area (Å²) in [5.41, 5.74) is 1.40. The highest BCUT2D eigenvalue weighted by Crippen LogP contribution is 2.36. The number of carbonyl (C=O) groups is 1. The first kappa shape index (κ1) is 14.1. The summed E-state index contributed by atoms with van der Waals surface area (Å²) in [7, 11) is 0. The minimum Gasteiger partial charge on any atom is -0.506 e. The Labute approximate surface area is 130 Å². The Morgan fingerprint density at radius 2 is 2.00 bits per heavy atom. The van der Waals surface area contributed by atoms with Crippen molar-refractivity contribution >= 4 is 27.5 Å². The van der Waals surface area contributed by atoms with Crippen LogP contribution in [0.15, 0.2) is 40.9 Å². The summed E-state index contributed by atoms with van der Waals surface area (Å²) in [6, 6.07) is 9.80. The fourth-order valence-corrected chi connectivity index (χ4v) is 3.01. The number of aryl methyl sites for hydroxylation is 1. The van der Waals surface area contributed by atoms with Gasteiger partial charge in [-0.3, -0.25) is 4.79 Å². The predicted octanol–water partition coefficient (Wildman–Crippen LogP) is 3.89. The maximum absolute atomic E-state index is 14.1. The SMILES string of the molecule is O=C(c1cccc(Br)c1F)N1CCCc2cccc(O)c21. The number of carbonyl (C=O) groups excluding carboxylic acids is 1. The number of aromatic hydroxyl groups is 1. The molecular formula is C16H13BrFNO2. The highest BCUT2D eigenvalue weighted by molar-refractivity contribution is 9.10. The lowest BCUT2D eigenvalue weighted by Crippen LogP contribution is -2.36. The lowest BCUT2D eigenvalue weighted by Gasteiger charge is -2.30. The normalized spacial score (nSPS) is 13.9. The molecule has 2 aromatic rings. The van der Waals surface area contributed by atoms with Gasteiger partial charge in [0, 0.05) is 6.54 Å². The highest BCUT2D eigenvalue weighted by atomic mass is 79.9. The lowest BCUT2D eigenvalue weighted by atomic mass is 10.00. The van der Waals surface area contributed by atoms with Gasteiger partial charge in [-0.05, 0) is 52.5 Å². The molecule has 2 aromatic carbocycles. The van der Waals surface area contributed by atoms with Gasteiger partial charge in [-0.15, -0.1) is 0 Å². The number of anilines is 1. The van der Waals surface area contributed by atoms with Gasteiger partial charge in [0.1, 0.15) is 11.6 Å². The third-order valence-corrected chi connectivity index (χ3v) is 4.24. The first-order valence-electron chi connectivity index (χ1n) is 6.66. The van der Waals surface area contributed by atoms with Crippen LogP contribution in [-0.2, 0) is 6.42 Å². The van der Waals surface area contributed by atoms with E-state index in [-0.39, 0.29) is 15.8 Å². The van der Waals surface area contributed by atoms with Crippen LogP contribution in [-0.4, -0.2) is 17.6 Å². The van der Waals surface area contributed by atoms with Gasteiger partial charge in [0.25, 0.3) is 5.91 Å². The van der Waals surface area contributed by atoms with Gasteiger partial charge < -0.3 is 10.0 Å². The molecule has 0 saturated carbocycles. The smallest absolute Gasteiger partial charge is 0.261 e. The summed E-state index contributed by atoms with van der Waals surface area (Å²) in [6.45, 7) is 0.468. The van der Waals surface area contributed by atoms with Gasteiger partial charge in [-0.2, -0.15) is 0 Å². The van der Waals surface area contributed by atoms with Crippen LogP contribution >= 0.6 is 15.9 Å². The molecule has 3 nitrogen and oxygen atoms in total. The summed E-state index contributed by atoms with van der Waals surface area (Å²) >= 11 is 3.09. The van der Waals surface area contributed by atoms with Crippen LogP contribution in [0, 0.1) is 5.82 Å². The number of nitrogens with zero attached hydrogens (tertiary/aromatic N) is 1. The largest absolute Gasteiger partial charge is 0.506 e. The third-order valence-electron chi connectivity index (χ3n) is 3.62. The average Bonchev–Trinajstić information content (AvgIpc) is 2.49. The minimum atomic E-state index is -0.579. The standard InChI is InChI=1S/C16H13BrFNO2/c17-12-7-2-6-11(14(12)18)16(21)19-9-3-5-10-4-1-8-13(20)15(10)19/h1-2,4,6-8,20H,3,5,9H2. The van der Waals surface area contributed by atoms with Crippen molar-refractivity contribution in [2.75, 3.05) is 11.4 Å². The molecule has 1 amide bonds. The molecule has 0 saturated heterocycles. The fraction of sp³-hybridized carbons (Fsp3) is 0.188. The number of hydrogen-bond donors (Lipinski definition) is 1. The topological polar surface area (TPSA) is 40.5 Å². The zero-order chi connectivity index (χ0) is 15.0. The van der Waals surface area contributed by atoms with E-state index in [4.69, 9.17) is 0 Å². The Balaban J connectivity index is 2.07. The fourth-order valence-electron chi connectivity index (χ4n) is 2.65. The summed E-state index contributed by atoms with van der Waals surface area (Å²) in [5, 5.41) is 10.0. The molecule has 0 unspecified atom stereocenters. The Bertz CT molecular complexity index is 717. The van der Waals surface area contributed by atoms with Crippen LogP contribution in [0.1, 0.15) is 22.3 Å².